The molecule has 0 radical (unpaired) electrons. The predicted octanol–water partition coefficient (Wildman–Crippen LogP) is 5.64. The normalized spacial score (nSPS) is 28.1. The van der Waals surface area contributed by atoms with Crippen molar-refractivity contribution in [2.24, 2.45) is 29.1 Å². The molecule has 0 aromatic heterocycles. The summed E-state index contributed by atoms with van der Waals surface area (Å²) in [7, 11) is 0. The average Bonchev–Trinajstić information content (AvgIpc) is 3.37. The molecule has 8 heteroatoms. The zero-order chi connectivity index (χ0) is 33.9. The molecule has 6 atom stereocenters. The number of benzene rings is 3. The molecule has 3 aromatic carbocycles. The molecule has 1 heterocycles. The molecule has 1 N–H and O–H groups in total. The molecule has 7 rings (SSSR count). The van der Waals surface area contributed by atoms with Gasteiger partial charge >= 0.3 is 0 Å². The summed E-state index contributed by atoms with van der Waals surface area (Å²) < 4.78 is 5.59. The van der Waals surface area contributed by atoms with Crippen LogP contribution >= 0.6 is 0 Å². The van der Waals surface area contributed by atoms with E-state index in [9.17, 15) is 29.1 Å². The highest BCUT2D eigenvalue weighted by Gasteiger charge is 2.64. The number of ketones is 3. The van der Waals surface area contributed by atoms with Gasteiger partial charge < -0.3 is 9.84 Å². The van der Waals surface area contributed by atoms with Crippen LogP contribution in [0.15, 0.2) is 102 Å². The van der Waals surface area contributed by atoms with E-state index in [0.717, 1.165) is 11.1 Å². The van der Waals surface area contributed by atoms with E-state index in [2.05, 4.69) is 0 Å². The number of fused-ring (bicyclic) bond motifs is 4. The summed E-state index contributed by atoms with van der Waals surface area (Å²) in [5.74, 6) is -3.21. The van der Waals surface area contributed by atoms with Crippen molar-refractivity contribution in [1.82, 2.24) is 0 Å². The number of carbonyl (C=O) groups excluding carboxylic acids is 5. The maximum atomic E-state index is 14.3. The van der Waals surface area contributed by atoms with E-state index < -0.39 is 35.0 Å². The third kappa shape index (κ3) is 4.72. The Balaban J connectivity index is 1.25. The molecule has 0 spiro atoms. The van der Waals surface area contributed by atoms with Gasteiger partial charge in [-0.3, -0.25) is 28.9 Å². The van der Waals surface area contributed by atoms with Gasteiger partial charge in [0.2, 0.25) is 11.8 Å². The average molecular weight is 644 g/mol. The van der Waals surface area contributed by atoms with Crippen molar-refractivity contribution in [3.05, 3.63) is 118 Å². The lowest BCUT2D eigenvalue weighted by atomic mass is 9.46. The number of aliphatic hydroxyl groups excluding tert-OH is 1. The highest BCUT2D eigenvalue weighted by atomic mass is 16.5. The Kier molecular flexibility index (Phi) is 7.87. The first-order chi connectivity index (χ1) is 23.1. The largest absolute Gasteiger partial charge is 0.491 e. The second-order valence-corrected chi connectivity index (χ2v) is 13.5. The molecule has 1 saturated carbocycles. The Labute approximate surface area is 279 Å². The molecule has 2 fully saturated rings. The Morgan fingerprint density at radius 2 is 1.52 bits per heavy atom. The first-order valence-corrected chi connectivity index (χ1v) is 16.5. The second kappa shape index (κ2) is 11.9. The summed E-state index contributed by atoms with van der Waals surface area (Å²) in [6.45, 7) is 5.32. The Morgan fingerprint density at radius 3 is 2.19 bits per heavy atom. The maximum absolute atomic E-state index is 14.3. The SMILES string of the molecule is CC1=C(C)C(=O)[C@@]2(C)[C@@H](c3ccc(OCCO)cc3)C3=CC[C@@H]4C(=O)N(c5ccc(C(=O)c6ccccc6)cc5)C(=O)[C@@H]4[C@@H]3C[C@H]2C1=O. The highest BCUT2D eigenvalue weighted by molar-refractivity contribution is 6.23. The topological polar surface area (TPSA) is 118 Å². The van der Waals surface area contributed by atoms with Crippen LogP contribution in [-0.2, 0) is 19.2 Å². The number of anilines is 1. The minimum Gasteiger partial charge on any atom is -0.491 e. The molecule has 0 unspecified atom stereocenters. The summed E-state index contributed by atoms with van der Waals surface area (Å²) >= 11 is 0. The zero-order valence-electron chi connectivity index (χ0n) is 27.1. The monoisotopic (exact) mass is 643 g/mol. The summed E-state index contributed by atoms with van der Waals surface area (Å²) in [6, 6.07) is 22.8. The van der Waals surface area contributed by atoms with Gasteiger partial charge in [0.1, 0.15) is 12.4 Å². The number of ether oxygens (including phenoxy) is 1. The van der Waals surface area contributed by atoms with Crippen molar-refractivity contribution in [3.8, 4) is 5.75 Å². The van der Waals surface area contributed by atoms with Gasteiger partial charge in [0.25, 0.3) is 0 Å². The quantitative estimate of drug-likeness (QED) is 0.201. The van der Waals surface area contributed by atoms with E-state index in [1.165, 1.54) is 4.90 Å². The van der Waals surface area contributed by atoms with E-state index in [1.807, 2.05) is 31.2 Å². The number of amides is 2. The number of allylic oxidation sites excluding steroid dienone is 4. The van der Waals surface area contributed by atoms with Gasteiger partial charge in [0.05, 0.1) is 29.5 Å². The van der Waals surface area contributed by atoms with Crippen LogP contribution in [0.3, 0.4) is 0 Å². The molecule has 48 heavy (non-hydrogen) atoms. The smallest absolute Gasteiger partial charge is 0.238 e. The highest BCUT2D eigenvalue weighted by Crippen LogP contribution is 2.63. The number of aliphatic hydroxyl groups is 1. The zero-order valence-corrected chi connectivity index (χ0v) is 27.1. The van der Waals surface area contributed by atoms with Crippen LogP contribution < -0.4 is 9.64 Å². The number of Topliss-reactive ketones (excluding diaryl/α,β-unsaturated/α-hetero) is 2. The van der Waals surface area contributed by atoms with E-state index in [1.54, 1.807) is 74.5 Å². The standard InChI is InChI=1S/C40H37NO7/c1-22-23(2)37(45)40(3)32(35(22)43)21-31-29(34(40)24-11-15-28(16-12-24)48-20-19-42)17-18-30-33(31)39(47)41(38(30)46)27-13-9-26(10-14-27)36(44)25-7-5-4-6-8-25/h4-17,30-34,42H,18-21H2,1-3H3/t30-,31+,32-,33-,34-,40+/m0/s1. The van der Waals surface area contributed by atoms with Crippen molar-refractivity contribution < 1.29 is 33.8 Å². The van der Waals surface area contributed by atoms with Gasteiger partial charge in [-0.25, -0.2) is 0 Å². The van der Waals surface area contributed by atoms with E-state index in [0.29, 0.717) is 46.6 Å². The van der Waals surface area contributed by atoms with Gasteiger partial charge in [-0.1, -0.05) is 61.0 Å². The van der Waals surface area contributed by atoms with Crippen LogP contribution in [0.1, 0.15) is 61.0 Å². The fourth-order valence-electron chi connectivity index (χ4n) is 8.65. The fourth-order valence-corrected chi connectivity index (χ4v) is 8.65. The van der Waals surface area contributed by atoms with E-state index >= 15 is 0 Å². The van der Waals surface area contributed by atoms with Crippen molar-refractivity contribution in [2.45, 2.75) is 39.5 Å². The second-order valence-electron chi connectivity index (χ2n) is 13.5. The van der Waals surface area contributed by atoms with Crippen molar-refractivity contribution in [2.75, 3.05) is 18.1 Å². The Bertz CT molecular complexity index is 1910. The maximum Gasteiger partial charge on any atom is 0.238 e. The molecule has 0 bridgehead atoms. The van der Waals surface area contributed by atoms with E-state index in [-0.39, 0.29) is 42.4 Å². The number of carbonyl (C=O) groups is 5. The van der Waals surface area contributed by atoms with Gasteiger partial charge in [-0.15, -0.1) is 0 Å². The van der Waals surface area contributed by atoms with Gasteiger partial charge in [-0.2, -0.15) is 0 Å². The molecule has 2 amide bonds. The number of imide groups is 1. The molecular formula is C40H37NO7. The summed E-state index contributed by atoms with van der Waals surface area (Å²) in [6.07, 6.45) is 2.67. The van der Waals surface area contributed by atoms with Crippen molar-refractivity contribution in [1.29, 1.82) is 0 Å². The number of hydrogen-bond donors (Lipinski definition) is 1. The minimum atomic E-state index is -1.07. The Morgan fingerprint density at radius 1 is 0.854 bits per heavy atom. The third-order valence-corrected chi connectivity index (χ3v) is 11.2. The van der Waals surface area contributed by atoms with Gasteiger partial charge in [0.15, 0.2) is 17.3 Å². The molecule has 3 aromatic rings. The van der Waals surface area contributed by atoms with E-state index in [4.69, 9.17) is 4.74 Å². The van der Waals surface area contributed by atoms with Crippen molar-refractivity contribution in [3.63, 3.8) is 0 Å². The molecule has 4 aliphatic rings. The predicted molar refractivity (Wildman–Crippen MR) is 178 cm³/mol. The molecule has 8 nitrogen and oxygen atoms in total. The minimum absolute atomic E-state index is 0.0720. The molecule has 1 saturated heterocycles. The lowest BCUT2D eigenvalue weighted by Gasteiger charge is -2.54. The summed E-state index contributed by atoms with van der Waals surface area (Å²) in [5, 5.41) is 9.19. The van der Waals surface area contributed by atoms with Crippen LogP contribution in [0.5, 0.6) is 5.75 Å². The molecule has 3 aliphatic carbocycles. The summed E-state index contributed by atoms with van der Waals surface area (Å²) in [5.41, 5.74) is 2.99. The number of nitrogens with zero attached hydrogens (tertiary/aromatic N) is 1. The number of rotatable bonds is 7. The molecule has 244 valence electrons. The molecule has 1 aliphatic heterocycles. The van der Waals surface area contributed by atoms with Crippen LogP contribution in [0, 0.1) is 29.1 Å². The first-order valence-electron chi connectivity index (χ1n) is 16.5. The van der Waals surface area contributed by atoms with Crippen LogP contribution in [0.4, 0.5) is 5.69 Å². The third-order valence-electron chi connectivity index (χ3n) is 11.2. The van der Waals surface area contributed by atoms with Crippen LogP contribution in [-0.4, -0.2) is 47.5 Å². The van der Waals surface area contributed by atoms with Gasteiger partial charge in [0, 0.05) is 23.0 Å². The summed E-state index contributed by atoms with van der Waals surface area (Å²) in [4.78, 5) is 70.7. The van der Waals surface area contributed by atoms with Crippen LogP contribution in [0.2, 0.25) is 0 Å². The van der Waals surface area contributed by atoms with Crippen LogP contribution in [0.25, 0.3) is 0 Å². The van der Waals surface area contributed by atoms with Crippen molar-refractivity contribution >= 4 is 34.9 Å². The molecular weight excluding hydrogens is 606 g/mol. The first kappa shape index (κ1) is 31.6. The lowest BCUT2D eigenvalue weighted by Crippen LogP contribution is -2.55. The number of hydrogen-bond acceptors (Lipinski definition) is 7. The van der Waals surface area contributed by atoms with Gasteiger partial charge in [-0.05, 0) is 85.7 Å². The lowest BCUT2D eigenvalue weighted by molar-refractivity contribution is -0.142. The Hall–Kier alpha value is -4.95. The fraction of sp³-hybridized carbons (Fsp3) is 0.325.